The van der Waals surface area contributed by atoms with Gasteiger partial charge in [-0.15, -0.1) is 0 Å². The fourth-order valence-corrected chi connectivity index (χ4v) is 2.45. The highest BCUT2D eigenvalue weighted by Crippen LogP contribution is 2.20. The Bertz CT molecular complexity index is 942. The van der Waals surface area contributed by atoms with Gasteiger partial charge in [0, 0.05) is 36.1 Å². The molecule has 0 saturated carbocycles. The van der Waals surface area contributed by atoms with Crippen molar-refractivity contribution >= 4 is 23.2 Å². The van der Waals surface area contributed by atoms with Crippen molar-refractivity contribution in [1.29, 1.82) is 0 Å². The highest BCUT2D eigenvalue weighted by molar-refractivity contribution is 6.05. The van der Waals surface area contributed by atoms with Crippen molar-refractivity contribution in [2.45, 2.75) is 13.5 Å². The van der Waals surface area contributed by atoms with Gasteiger partial charge < -0.3 is 15.4 Å². The molecule has 0 bridgehead atoms. The van der Waals surface area contributed by atoms with E-state index in [2.05, 4.69) is 15.6 Å². The zero-order chi connectivity index (χ0) is 19.1. The van der Waals surface area contributed by atoms with Gasteiger partial charge in [-0.2, -0.15) is 0 Å². The van der Waals surface area contributed by atoms with Gasteiger partial charge in [0.05, 0.1) is 5.69 Å². The van der Waals surface area contributed by atoms with Gasteiger partial charge in [-0.05, 0) is 42.5 Å². The highest BCUT2D eigenvalue weighted by Gasteiger charge is 2.08. The molecule has 0 saturated heterocycles. The normalized spacial score (nSPS) is 10.1. The second-order valence-electron chi connectivity index (χ2n) is 5.85. The maximum absolute atomic E-state index is 12.5. The van der Waals surface area contributed by atoms with E-state index >= 15 is 0 Å². The van der Waals surface area contributed by atoms with Crippen LogP contribution in [0.4, 0.5) is 11.4 Å². The van der Waals surface area contributed by atoms with Gasteiger partial charge in [0.25, 0.3) is 5.91 Å². The first kappa shape index (κ1) is 18.1. The molecule has 3 aromatic rings. The molecule has 6 nitrogen and oxygen atoms in total. The van der Waals surface area contributed by atoms with Gasteiger partial charge in [0.1, 0.15) is 12.4 Å². The molecule has 1 heterocycles. The van der Waals surface area contributed by atoms with Crippen LogP contribution < -0.4 is 15.4 Å². The van der Waals surface area contributed by atoms with Crippen LogP contribution in [-0.4, -0.2) is 16.8 Å². The highest BCUT2D eigenvalue weighted by atomic mass is 16.5. The van der Waals surface area contributed by atoms with Crippen LogP contribution in [0.2, 0.25) is 0 Å². The summed E-state index contributed by atoms with van der Waals surface area (Å²) in [5.41, 5.74) is 2.45. The number of benzene rings is 2. The molecule has 3 rings (SSSR count). The molecule has 2 amide bonds. The third kappa shape index (κ3) is 5.40. The van der Waals surface area contributed by atoms with E-state index in [4.69, 9.17) is 4.74 Å². The monoisotopic (exact) mass is 361 g/mol. The van der Waals surface area contributed by atoms with Crippen molar-refractivity contribution in [3.8, 4) is 5.75 Å². The van der Waals surface area contributed by atoms with Crippen molar-refractivity contribution in [2.75, 3.05) is 10.6 Å². The van der Waals surface area contributed by atoms with E-state index < -0.39 is 0 Å². The van der Waals surface area contributed by atoms with Crippen LogP contribution in [0.25, 0.3) is 0 Å². The lowest BCUT2D eigenvalue weighted by Gasteiger charge is -2.10. The molecule has 0 atom stereocenters. The van der Waals surface area contributed by atoms with Crippen LogP contribution >= 0.6 is 0 Å². The molecule has 1 aromatic heterocycles. The molecule has 0 radical (unpaired) electrons. The van der Waals surface area contributed by atoms with Gasteiger partial charge >= 0.3 is 0 Å². The number of amides is 2. The van der Waals surface area contributed by atoms with Gasteiger partial charge in [-0.3, -0.25) is 14.6 Å². The third-order valence-corrected chi connectivity index (χ3v) is 3.65. The minimum atomic E-state index is -0.274. The summed E-state index contributed by atoms with van der Waals surface area (Å²) in [6.45, 7) is 1.76. The maximum atomic E-state index is 12.5. The zero-order valence-electron chi connectivity index (χ0n) is 14.8. The molecule has 0 aliphatic heterocycles. The van der Waals surface area contributed by atoms with E-state index in [9.17, 15) is 9.59 Å². The summed E-state index contributed by atoms with van der Waals surface area (Å²) in [5.74, 6) is 0.167. The Kier molecular flexibility index (Phi) is 5.79. The summed E-state index contributed by atoms with van der Waals surface area (Å²) in [5, 5.41) is 5.49. The van der Waals surface area contributed by atoms with Crippen molar-refractivity contribution < 1.29 is 14.3 Å². The van der Waals surface area contributed by atoms with Crippen LogP contribution in [0, 0.1) is 0 Å². The summed E-state index contributed by atoms with van der Waals surface area (Å²) in [7, 11) is 0. The van der Waals surface area contributed by atoms with E-state index in [1.165, 1.54) is 6.92 Å². The van der Waals surface area contributed by atoms with Crippen LogP contribution in [0.15, 0.2) is 72.9 Å². The van der Waals surface area contributed by atoms with Crippen molar-refractivity contribution in [1.82, 2.24) is 4.98 Å². The Morgan fingerprint density at radius 2 is 1.70 bits per heavy atom. The topological polar surface area (TPSA) is 80.3 Å². The average Bonchev–Trinajstić information content (AvgIpc) is 2.67. The Hall–Kier alpha value is -3.67. The van der Waals surface area contributed by atoms with E-state index in [0.29, 0.717) is 29.3 Å². The standard InChI is InChI=1S/C21H19N3O3/c1-15(25)23-17-8-4-6-16(12-17)21(26)24-18-9-5-10-20(13-18)27-14-19-7-2-3-11-22-19/h2-13H,14H2,1H3,(H,23,25)(H,24,26). The molecule has 0 unspecified atom stereocenters. The Morgan fingerprint density at radius 3 is 2.44 bits per heavy atom. The van der Waals surface area contributed by atoms with Crippen molar-refractivity contribution in [3.05, 3.63) is 84.2 Å². The lowest BCUT2D eigenvalue weighted by Crippen LogP contribution is -2.13. The number of carbonyl (C=O) groups is 2. The van der Waals surface area contributed by atoms with Gasteiger partial charge in [-0.25, -0.2) is 0 Å². The number of aromatic nitrogens is 1. The van der Waals surface area contributed by atoms with Crippen LogP contribution in [0.5, 0.6) is 5.75 Å². The fraction of sp³-hybridized carbons (Fsp3) is 0.0952. The second kappa shape index (κ2) is 8.62. The Labute approximate surface area is 157 Å². The fourth-order valence-electron chi connectivity index (χ4n) is 2.45. The molecular weight excluding hydrogens is 342 g/mol. The maximum Gasteiger partial charge on any atom is 0.255 e. The third-order valence-electron chi connectivity index (χ3n) is 3.65. The number of hydrogen-bond donors (Lipinski definition) is 2. The number of ether oxygens (including phenoxy) is 1. The van der Waals surface area contributed by atoms with Crippen LogP contribution in [0.3, 0.4) is 0 Å². The van der Waals surface area contributed by atoms with Gasteiger partial charge in [-0.1, -0.05) is 18.2 Å². The number of anilines is 2. The van der Waals surface area contributed by atoms with Crippen molar-refractivity contribution in [2.24, 2.45) is 0 Å². The second-order valence-corrected chi connectivity index (χ2v) is 5.85. The summed E-state index contributed by atoms with van der Waals surface area (Å²) in [6.07, 6.45) is 1.71. The lowest BCUT2D eigenvalue weighted by molar-refractivity contribution is -0.114. The average molecular weight is 361 g/mol. The molecule has 2 aromatic carbocycles. The minimum Gasteiger partial charge on any atom is -0.487 e. The molecular formula is C21H19N3O3. The van der Waals surface area contributed by atoms with Gasteiger partial charge in [0.15, 0.2) is 0 Å². The molecule has 6 heteroatoms. The zero-order valence-corrected chi connectivity index (χ0v) is 14.8. The van der Waals surface area contributed by atoms with Crippen LogP contribution in [0.1, 0.15) is 23.0 Å². The van der Waals surface area contributed by atoms with Crippen LogP contribution in [-0.2, 0) is 11.4 Å². The first-order valence-corrected chi connectivity index (χ1v) is 8.42. The molecule has 27 heavy (non-hydrogen) atoms. The summed E-state index contributed by atoms with van der Waals surface area (Å²) in [6, 6.07) is 19.5. The molecule has 0 aliphatic carbocycles. The lowest BCUT2D eigenvalue weighted by atomic mass is 10.2. The molecule has 0 aliphatic rings. The molecule has 136 valence electrons. The largest absolute Gasteiger partial charge is 0.487 e. The van der Waals surface area contributed by atoms with E-state index in [-0.39, 0.29) is 11.8 Å². The quantitative estimate of drug-likeness (QED) is 0.698. The Balaban J connectivity index is 1.65. The first-order valence-electron chi connectivity index (χ1n) is 8.42. The predicted octanol–water partition coefficient (Wildman–Crippen LogP) is 3.87. The predicted molar refractivity (Wildman–Crippen MR) is 104 cm³/mol. The van der Waals surface area contributed by atoms with E-state index in [0.717, 1.165) is 5.69 Å². The number of rotatable bonds is 6. The summed E-state index contributed by atoms with van der Waals surface area (Å²) < 4.78 is 5.72. The minimum absolute atomic E-state index is 0.190. The van der Waals surface area contributed by atoms with E-state index in [1.807, 2.05) is 24.3 Å². The summed E-state index contributed by atoms with van der Waals surface area (Å²) >= 11 is 0. The Morgan fingerprint density at radius 1 is 0.926 bits per heavy atom. The van der Waals surface area contributed by atoms with Crippen molar-refractivity contribution in [3.63, 3.8) is 0 Å². The first-order chi connectivity index (χ1) is 13.1. The molecule has 0 fully saturated rings. The smallest absolute Gasteiger partial charge is 0.255 e. The number of pyridine rings is 1. The molecule has 0 spiro atoms. The van der Waals surface area contributed by atoms with Gasteiger partial charge in [0.2, 0.25) is 5.91 Å². The van der Waals surface area contributed by atoms with E-state index in [1.54, 1.807) is 48.7 Å². The number of carbonyl (C=O) groups excluding carboxylic acids is 2. The number of nitrogens with one attached hydrogen (secondary N) is 2. The number of hydrogen-bond acceptors (Lipinski definition) is 4. The molecule has 2 N–H and O–H groups in total. The number of nitrogens with zero attached hydrogens (tertiary/aromatic N) is 1. The summed E-state index contributed by atoms with van der Waals surface area (Å²) in [4.78, 5) is 27.8. The SMILES string of the molecule is CC(=O)Nc1cccc(C(=O)Nc2cccc(OCc3ccccn3)c2)c1.